The Kier molecular flexibility index (Phi) is 4.30. The molecule has 0 amide bonds. The lowest BCUT2D eigenvalue weighted by molar-refractivity contribution is 0.0601. The molecule has 3 nitrogen and oxygen atoms in total. The summed E-state index contributed by atoms with van der Waals surface area (Å²) in [5.74, 6) is -0.532. The summed E-state index contributed by atoms with van der Waals surface area (Å²) in [5.41, 5.74) is 1.09. The fourth-order valence-corrected chi connectivity index (χ4v) is 2.53. The van der Waals surface area contributed by atoms with Gasteiger partial charge < -0.3 is 4.74 Å². The van der Waals surface area contributed by atoms with E-state index in [0.29, 0.717) is 21.2 Å². The summed E-state index contributed by atoms with van der Waals surface area (Å²) < 4.78 is 4.72. The molecule has 0 aliphatic heterocycles. The Bertz CT molecular complexity index is 624. The molecule has 0 bridgehead atoms. The first kappa shape index (κ1) is 14.1. The van der Waals surface area contributed by atoms with Gasteiger partial charge in [0.05, 0.1) is 22.7 Å². The Labute approximate surface area is 125 Å². The number of halogens is 3. The van der Waals surface area contributed by atoms with Crippen LogP contribution >= 0.6 is 34.8 Å². The highest BCUT2D eigenvalue weighted by Crippen LogP contribution is 2.39. The third-order valence-electron chi connectivity index (χ3n) is 2.52. The first-order valence-electron chi connectivity index (χ1n) is 5.23. The highest BCUT2D eigenvalue weighted by molar-refractivity contribution is 6.41. The fourth-order valence-electron chi connectivity index (χ4n) is 1.69. The van der Waals surface area contributed by atoms with Crippen LogP contribution in [0.15, 0.2) is 30.5 Å². The average Bonchev–Trinajstić information content (AvgIpc) is 2.39. The Morgan fingerprint density at radius 3 is 2.32 bits per heavy atom. The van der Waals surface area contributed by atoms with E-state index >= 15 is 0 Å². The first-order valence-corrected chi connectivity index (χ1v) is 6.37. The van der Waals surface area contributed by atoms with Crippen molar-refractivity contribution in [3.63, 3.8) is 0 Å². The molecular weight excluding hydrogens is 309 g/mol. The smallest absolute Gasteiger partial charge is 0.338 e. The maximum atomic E-state index is 11.8. The summed E-state index contributed by atoms with van der Waals surface area (Å²) in [5, 5.41) is 0.901. The van der Waals surface area contributed by atoms with E-state index in [9.17, 15) is 4.79 Å². The van der Waals surface area contributed by atoms with E-state index in [0.717, 1.165) is 0 Å². The minimum absolute atomic E-state index is 0.137. The van der Waals surface area contributed by atoms with E-state index in [2.05, 4.69) is 4.98 Å². The van der Waals surface area contributed by atoms with E-state index in [4.69, 9.17) is 39.5 Å². The molecule has 2 aromatic rings. The molecule has 0 saturated carbocycles. The second-order valence-electron chi connectivity index (χ2n) is 3.61. The molecule has 6 heteroatoms. The molecule has 1 aromatic carbocycles. The number of nitrogens with zero attached hydrogens (tertiary/aromatic N) is 1. The molecule has 1 heterocycles. The maximum Gasteiger partial charge on any atom is 0.338 e. The van der Waals surface area contributed by atoms with Crippen molar-refractivity contribution in [2.75, 3.05) is 7.11 Å². The second-order valence-corrected chi connectivity index (χ2v) is 4.78. The Balaban J connectivity index is 2.78. The maximum absolute atomic E-state index is 11.8. The Hall–Kier alpha value is -1.29. The largest absolute Gasteiger partial charge is 0.465 e. The van der Waals surface area contributed by atoms with Crippen LogP contribution < -0.4 is 0 Å². The van der Waals surface area contributed by atoms with Crippen molar-refractivity contribution < 1.29 is 9.53 Å². The van der Waals surface area contributed by atoms with E-state index in [1.807, 2.05) is 0 Å². The Morgan fingerprint density at radius 1 is 1.11 bits per heavy atom. The summed E-state index contributed by atoms with van der Waals surface area (Å²) >= 11 is 18.3. The summed E-state index contributed by atoms with van der Waals surface area (Å²) in [6.45, 7) is 0. The van der Waals surface area contributed by atoms with Gasteiger partial charge in [0, 0.05) is 17.3 Å². The average molecular weight is 317 g/mol. The van der Waals surface area contributed by atoms with Gasteiger partial charge in [0.25, 0.3) is 0 Å². The number of rotatable bonds is 2. The lowest BCUT2D eigenvalue weighted by Gasteiger charge is -2.12. The number of ether oxygens (including phenoxy) is 1. The zero-order chi connectivity index (χ0) is 14.0. The van der Waals surface area contributed by atoms with Gasteiger partial charge in [-0.1, -0.05) is 40.9 Å². The molecule has 19 heavy (non-hydrogen) atoms. The highest BCUT2D eigenvalue weighted by atomic mass is 35.5. The van der Waals surface area contributed by atoms with Gasteiger partial charge in [-0.05, 0) is 18.2 Å². The van der Waals surface area contributed by atoms with E-state index in [1.54, 1.807) is 18.2 Å². The van der Waals surface area contributed by atoms with Crippen molar-refractivity contribution in [1.29, 1.82) is 0 Å². The van der Waals surface area contributed by atoms with Gasteiger partial charge in [0.2, 0.25) is 0 Å². The number of methoxy groups -OCH3 is 1. The number of benzene rings is 1. The van der Waals surface area contributed by atoms with Gasteiger partial charge in [-0.15, -0.1) is 0 Å². The molecule has 0 unspecified atom stereocenters. The molecule has 0 radical (unpaired) electrons. The molecule has 0 spiro atoms. The summed E-state index contributed by atoms with van der Waals surface area (Å²) in [6, 6.07) is 6.53. The zero-order valence-electron chi connectivity index (χ0n) is 9.78. The van der Waals surface area contributed by atoms with Gasteiger partial charge in [-0.25, -0.2) is 9.78 Å². The van der Waals surface area contributed by atoms with Crippen molar-refractivity contribution in [3.8, 4) is 11.1 Å². The number of carbonyl (C=O) groups is 1. The van der Waals surface area contributed by atoms with Gasteiger partial charge in [-0.3, -0.25) is 0 Å². The van der Waals surface area contributed by atoms with Crippen LogP contribution in [0.2, 0.25) is 15.2 Å². The lowest BCUT2D eigenvalue weighted by Crippen LogP contribution is -2.05. The quantitative estimate of drug-likeness (QED) is 0.605. The fraction of sp³-hybridized carbons (Fsp3) is 0.0769. The monoisotopic (exact) mass is 315 g/mol. The SMILES string of the molecule is COC(=O)c1ccnc(Cl)c1-c1c(Cl)cccc1Cl. The third-order valence-corrected chi connectivity index (χ3v) is 3.44. The van der Waals surface area contributed by atoms with E-state index < -0.39 is 5.97 Å². The molecule has 0 aliphatic rings. The van der Waals surface area contributed by atoms with Gasteiger partial charge in [0.15, 0.2) is 0 Å². The molecule has 0 atom stereocenters. The van der Waals surface area contributed by atoms with Gasteiger partial charge >= 0.3 is 5.97 Å². The molecule has 0 aliphatic carbocycles. The number of esters is 1. The molecule has 0 N–H and O–H groups in total. The molecule has 98 valence electrons. The normalized spacial score (nSPS) is 10.3. The number of aromatic nitrogens is 1. The second kappa shape index (κ2) is 5.78. The van der Waals surface area contributed by atoms with Crippen LogP contribution in [-0.4, -0.2) is 18.1 Å². The summed E-state index contributed by atoms with van der Waals surface area (Å²) in [7, 11) is 1.29. The minimum atomic E-state index is -0.532. The van der Waals surface area contributed by atoms with Gasteiger partial charge in [-0.2, -0.15) is 0 Å². The number of carbonyl (C=O) groups excluding carboxylic acids is 1. The van der Waals surface area contributed by atoms with Crippen LogP contribution in [0.1, 0.15) is 10.4 Å². The van der Waals surface area contributed by atoms with Crippen molar-refractivity contribution in [3.05, 3.63) is 51.2 Å². The molecular formula is C13H8Cl3NO2. The van der Waals surface area contributed by atoms with Crippen molar-refractivity contribution >= 4 is 40.8 Å². The summed E-state index contributed by atoms with van der Waals surface area (Å²) in [4.78, 5) is 15.7. The van der Waals surface area contributed by atoms with Crippen LogP contribution in [-0.2, 0) is 4.74 Å². The van der Waals surface area contributed by atoms with Crippen LogP contribution in [0, 0.1) is 0 Å². The predicted molar refractivity (Wildman–Crippen MR) is 76.0 cm³/mol. The molecule has 0 saturated heterocycles. The van der Waals surface area contributed by atoms with Crippen molar-refractivity contribution in [2.45, 2.75) is 0 Å². The van der Waals surface area contributed by atoms with E-state index in [1.165, 1.54) is 19.4 Å². The molecule has 0 fully saturated rings. The van der Waals surface area contributed by atoms with Crippen LogP contribution in [0.4, 0.5) is 0 Å². The molecule has 1 aromatic heterocycles. The molecule has 2 rings (SSSR count). The predicted octanol–water partition coefficient (Wildman–Crippen LogP) is 4.50. The highest BCUT2D eigenvalue weighted by Gasteiger charge is 2.21. The van der Waals surface area contributed by atoms with Crippen LogP contribution in [0.5, 0.6) is 0 Å². The van der Waals surface area contributed by atoms with Gasteiger partial charge in [0.1, 0.15) is 5.15 Å². The first-order chi connectivity index (χ1) is 9.06. The lowest BCUT2D eigenvalue weighted by atomic mass is 10.0. The number of hydrogen-bond acceptors (Lipinski definition) is 3. The Morgan fingerprint density at radius 2 is 1.74 bits per heavy atom. The topological polar surface area (TPSA) is 39.2 Å². The summed E-state index contributed by atoms with van der Waals surface area (Å²) in [6.07, 6.45) is 1.42. The number of pyridine rings is 1. The third kappa shape index (κ3) is 2.68. The van der Waals surface area contributed by atoms with E-state index in [-0.39, 0.29) is 10.7 Å². The van der Waals surface area contributed by atoms with Crippen LogP contribution in [0.25, 0.3) is 11.1 Å². The number of hydrogen-bond donors (Lipinski definition) is 0. The van der Waals surface area contributed by atoms with Crippen molar-refractivity contribution in [2.24, 2.45) is 0 Å². The minimum Gasteiger partial charge on any atom is -0.465 e. The van der Waals surface area contributed by atoms with Crippen molar-refractivity contribution in [1.82, 2.24) is 4.98 Å². The van der Waals surface area contributed by atoms with Crippen LogP contribution in [0.3, 0.4) is 0 Å². The standard InChI is InChI=1S/C13H8Cl3NO2/c1-19-13(18)7-5-6-17-12(16)10(7)11-8(14)3-2-4-9(11)15/h2-6H,1H3. The zero-order valence-corrected chi connectivity index (χ0v) is 12.1.